The summed E-state index contributed by atoms with van der Waals surface area (Å²) >= 11 is 1.54. The van der Waals surface area contributed by atoms with E-state index in [9.17, 15) is 4.79 Å². The smallest absolute Gasteiger partial charge is 0.317 e. The summed E-state index contributed by atoms with van der Waals surface area (Å²) in [7, 11) is 1.81. The molecule has 5 heterocycles. The Morgan fingerprint density at radius 3 is 2.74 bits per heavy atom. The second-order valence-electron chi connectivity index (χ2n) is 7.05. The van der Waals surface area contributed by atoms with Crippen LogP contribution in [-0.4, -0.2) is 37.2 Å². The van der Waals surface area contributed by atoms with Crippen molar-refractivity contribution >= 4 is 32.7 Å². The van der Waals surface area contributed by atoms with Crippen LogP contribution < -0.4 is 11.0 Å². The lowest BCUT2D eigenvalue weighted by molar-refractivity contribution is 0.366. The molecule has 0 atom stereocenters. The van der Waals surface area contributed by atoms with E-state index in [2.05, 4.69) is 15.3 Å². The largest absolute Gasteiger partial charge is 0.329 e. The van der Waals surface area contributed by atoms with Crippen molar-refractivity contribution in [1.29, 1.82) is 0 Å². The molecule has 1 aliphatic heterocycles. The molecule has 1 N–H and O–H groups in total. The number of hydrogen-bond acceptors (Lipinski definition) is 6. The van der Waals surface area contributed by atoms with Crippen molar-refractivity contribution in [2.24, 2.45) is 7.05 Å². The van der Waals surface area contributed by atoms with E-state index in [1.165, 1.54) is 0 Å². The number of fused-ring (bicyclic) bond motifs is 3. The Hall–Kier alpha value is -2.58. The summed E-state index contributed by atoms with van der Waals surface area (Å²) in [6.45, 7) is 3.83. The average Bonchev–Trinajstić information content (AvgIpc) is 3.23. The van der Waals surface area contributed by atoms with Crippen molar-refractivity contribution in [2.45, 2.75) is 25.8 Å². The standard InChI is InChI=1S/C19H20N6OS/c1-11-3-4-12(9-21-11)17-23-15-16-14(10-22-18(15)27-17)24(2)19(26)25(16)13-5-7-20-8-6-13/h3-4,9-10,13,20H,5-8H2,1-2H3. The van der Waals surface area contributed by atoms with E-state index >= 15 is 0 Å². The summed E-state index contributed by atoms with van der Waals surface area (Å²) in [5.74, 6) is 0. The highest BCUT2D eigenvalue weighted by Crippen LogP contribution is 2.34. The summed E-state index contributed by atoms with van der Waals surface area (Å²) in [5, 5.41) is 4.25. The first-order chi connectivity index (χ1) is 13.1. The predicted octanol–water partition coefficient (Wildman–Crippen LogP) is 2.64. The highest BCUT2D eigenvalue weighted by Gasteiger charge is 2.24. The van der Waals surface area contributed by atoms with Crippen molar-refractivity contribution in [3.8, 4) is 10.6 Å². The van der Waals surface area contributed by atoms with Crippen LogP contribution in [0.25, 0.3) is 32.0 Å². The van der Waals surface area contributed by atoms with Crippen molar-refractivity contribution in [3.05, 3.63) is 40.7 Å². The van der Waals surface area contributed by atoms with E-state index in [1.54, 1.807) is 22.1 Å². The topological polar surface area (TPSA) is 77.6 Å². The fourth-order valence-electron chi connectivity index (χ4n) is 3.82. The Bertz CT molecular complexity index is 1200. The summed E-state index contributed by atoms with van der Waals surface area (Å²) in [5.41, 5.74) is 4.51. The maximum absolute atomic E-state index is 13.0. The summed E-state index contributed by atoms with van der Waals surface area (Å²) in [4.78, 5) is 27.7. The van der Waals surface area contributed by atoms with E-state index in [-0.39, 0.29) is 11.7 Å². The summed E-state index contributed by atoms with van der Waals surface area (Å²) < 4.78 is 3.63. The van der Waals surface area contributed by atoms with Crippen LogP contribution in [0, 0.1) is 6.92 Å². The number of nitrogens with one attached hydrogen (secondary N) is 1. The monoisotopic (exact) mass is 380 g/mol. The van der Waals surface area contributed by atoms with E-state index in [0.29, 0.717) is 0 Å². The molecule has 1 aliphatic rings. The molecule has 1 fully saturated rings. The zero-order chi connectivity index (χ0) is 18.5. The molecule has 0 aliphatic carbocycles. The highest BCUT2D eigenvalue weighted by atomic mass is 32.1. The van der Waals surface area contributed by atoms with Crippen LogP contribution in [0.15, 0.2) is 29.3 Å². The van der Waals surface area contributed by atoms with Gasteiger partial charge in [-0.3, -0.25) is 14.1 Å². The molecule has 0 bridgehead atoms. The van der Waals surface area contributed by atoms with Crippen molar-refractivity contribution in [2.75, 3.05) is 13.1 Å². The second-order valence-corrected chi connectivity index (χ2v) is 8.02. The van der Waals surface area contributed by atoms with Gasteiger partial charge in [0.15, 0.2) is 0 Å². The fourth-order valence-corrected chi connectivity index (χ4v) is 4.72. The van der Waals surface area contributed by atoms with Crippen LogP contribution in [0.3, 0.4) is 0 Å². The first kappa shape index (κ1) is 16.6. The first-order valence-electron chi connectivity index (χ1n) is 9.13. The second kappa shape index (κ2) is 6.24. The van der Waals surface area contributed by atoms with Gasteiger partial charge in [0.2, 0.25) is 0 Å². The van der Waals surface area contributed by atoms with E-state index < -0.39 is 0 Å². The maximum Gasteiger partial charge on any atom is 0.329 e. The highest BCUT2D eigenvalue weighted by molar-refractivity contribution is 7.21. The molecule has 1 saturated heterocycles. The molecule has 0 radical (unpaired) electrons. The Labute approximate surface area is 159 Å². The number of rotatable bonds is 2. The predicted molar refractivity (Wildman–Crippen MR) is 107 cm³/mol. The van der Waals surface area contributed by atoms with Gasteiger partial charge in [-0.15, -0.1) is 0 Å². The number of aromatic nitrogens is 5. The number of thiazole rings is 1. The van der Waals surface area contributed by atoms with Gasteiger partial charge in [0.1, 0.15) is 20.9 Å². The minimum Gasteiger partial charge on any atom is -0.317 e. The molecule has 8 heteroatoms. The number of piperidine rings is 1. The quantitative estimate of drug-likeness (QED) is 0.578. The van der Waals surface area contributed by atoms with Crippen LogP contribution >= 0.6 is 11.3 Å². The lowest BCUT2D eigenvalue weighted by atomic mass is 10.1. The molecule has 0 spiro atoms. The average molecular weight is 380 g/mol. The lowest BCUT2D eigenvalue weighted by Gasteiger charge is -2.23. The van der Waals surface area contributed by atoms with Gasteiger partial charge in [-0.25, -0.2) is 14.8 Å². The van der Waals surface area contributed by atoms with Crippen LogP contribution in [0.2, 0.25) is 0 Å². The summed E-state index contributed by atoms with van der Waals surface area (Å²) in [6, 6.07) is 4.21. The van der Waals surface area contributed by atoms with Crippen LogP contribution in [0.5, 0.6) is 0 Å². The van der Waals surface area contributed by atoms with Gasteiger partial charge in [0.25, 0.3) is 0 Å². The number of imidazole rings is 1. The SMILES string of the molecule is Cc1ccc(-c2nc3c(ncc4c3n(C3CCNCC3)c(=O)n4C)s2)cn1. The normalized spacial score (nSPS) is 15.8. The molecule has 0 saturated carbocycles. The first-order valence-corrected chi connectivity index (χ1v) is 9.95. The third kappa shape index (κ3) is 2.59. The minimum absolute atomic E-state index is 0.0118. The number of aryl methyl sites for hydroxylation is 2. The van der Waals surface area contributed by atoms with Gasteiger partial charge < -0.3 is 5.32 Å². The van der Waals surface area contributed by atoms with Crippen molar-refractivity contribution in [3.63, 3.8) is 0 Å². The fraction of sp³-hybridized carbons (Fsp3) is 0.368. The van der Waals surface area contributed by atoms with Crippen LogP contribution in [0.1, 0.15) is 24.6 Å². The van der Waals surface area contributed by atoms with Crippen LogP contribution in [0.4, 0.5) is 0 Å². The molecule has 7 nitrogen and oxygen atoms in total. The number of pyridine rings is 2. The molecule has 0 amide bonds. The molecular formula is C19H20N6OS. The summed E-state index contributed by atoms with van der Waals surface area (Å²) in [6.07, 6.45) is 5.53. The molecule has 5 rings (SSSR count). The van der Waals surface area contributed by atoms with Gasteiger partial charge >= 0.3 is 5.69 Å². The lowest BCUT2D eigenvalue weighted by Crippen LogP contribution is -2.34. The number of nitrogens with zero attached hydrogens (tertiary/aromatic N) is 5. The van der Waals surface area contributed by atoms with Crippen molar-refractivity contribution in [1.82, 2.24) is 29.4 Å². The van der Waals surface area contributed by atoms with E-state index in [0.717, 1.165) is 63.6 Å². The molecule has 27 heavy (non-hydrogen) atoms. The Kier molecular flexibility index (Phi) is 3.84. The van der Waals surface area contributed by atoms with Gasteiger partial charge in [0.05, 0.1) is 11.7 Å². The molecule has 4 aromatic heterocycles. The van der Waals surface area contributed by atoms with Gasteiger partial charge in [-0.2, -0.15) is 0 Å². The molecule has 138 valence electrons. The molecule has 0 unspecified atom stereocenters. The molecule has 0 aromatic carbocycles. The molecular weight excluding hydrogens is 360 g/mol. The van der Waals surface area contributed by atoms with Gasteiger partial charge in [-0.05, 0) is 45.0 Å². The van der Waals surface area contributed by atoms with Crippen molar-refractivity contribution < 1.29 is 0 Å². The maximum atomic E-state index is 13.0. The van der Waals surface area contributed by atoms with Gasteiger partial charge in [-0.1, -0.05) is 11.3 Å². The van der Waals surface area contributed by atoms with Gasteiger partial charge in [0, 0.05) is 30.5 Å². The zero-order valence-electron chi connectivity index (χ0n) is 15.3. The zero-order valence-corrected chi connectivity index (χ0v) is 16.1. The third-order valence-corrected chi connectivity index (χ3v) is 6.32. The molecule has 4 aromatic rings. The van der Waals surface area contributed by atoms with E-state index in [1.807, 2.05) is 36.9 Å². The van der Waals surface area contributed by atoms with E-state index in [4.69, 9.17) is 4.98 Å². The minimum atomic E-state index is 0.0118. The number of hydrogen-bond donors (Lipinski definition) is 1. The Morgan fingerprint density at radius 1 is 1.19 bits per heavy atom. The Morgan fingerprint density at radius 2 is 2.00 bits per heavy atom. The van der Waals surface area contributed by atoms with Crippen LogP contribution in [-0.2, 0) is 7.05 Å². The Balaban J connectivity index is 1.77. The third-order valence-electron chi connectivity index (χ3n) is 5.31.